The van der Waals surface area contributed by atoms with E-state index in [2.05, 4.69) is 0 Å². The van der Waals surface area contributed by atoms with Crippen LogP contribution in [0.25, 0.3) is 0 Å². The Hall–Kier alpha value is -1.60. The molecule has 0 spiro atoms. The van der Waals surface area contributed by atoms with E-state index in [9.17, 15) is 13.2 Å². The second-order valence-corrected chi connectivity index (χ2v) is 4.72. The molecular weight excluding hydrogens is 222 g/mol. The minimum Gasteiger partial charge on any atom is -0.480 e. The molecule has 0 unspecified atom stereocenters. The van der Waals surface area contributed by atoms with Gasteiger partial charge >= 0.3 is 5.97 Å². The molecule has 0 aliphatic rings. The summed E-state index contributed by atoms with van der Waals surface area (Å²) >= 11 is 0. The van der Waals surface area contributed by atoms with Crippen molar-refractivity contribution in [3.05, 3.63) is 24.3 Å². The largest absolute Gasteiger partial charge is 0.480 e. The first-order valence-electron chi connectivity index (χ1n) is 3.91. The second kappa shape index (κ2) is 4.28. The lowest BCUT2D eigenvalue weighted by Crippen LogP contribution is -2.16. The van der Waals surface area contributed by atoms with Gasteiger partial charge in [-0.3, -0.25) is 15.5 Å². The van der Waals surface area contributed by atoms with Gasteiger partial charge in [-0.2, -0.15) is 0 Å². The SMILES string of the molecule is O=C(O)CS(=O)(=O)c1ccccc1NO. The summed E-state index contributed by atoms with van der Waals surface area (Å²) in [7, 11) is -3.92. The quantitative estimate of drug-likeness (QED) is 0.646. The van der Waals surface area contributed by atoms with Crippen LogP contribution in [0.3, 0.4) is 0 Å². The van der Waals surface area contributed by atoms with E-state index in [1.54, 1.807) is 5.48 Å². The monoisotopic (exact) mass is 231 g/mol. The number of sulfone groups is 1. The summed E-state index contributed by atoms with van der Waals surface area (Å²) in [4.78, 5) is 10.1. The first-order valence-corrected chi connectivity index (χ1v) is 5.56. The fourth-order valence-corrected chi connectivity index (χ4v) is 2.29. The van der Waals surface area contributed by atoms with Crippen LogP contribution in [0.2, 0.25) is 0 Å². The average molecular weight is 231 g/mol. The van der Waals surface area contributed by atoms with Crippen molar-refractivity contribution < 1.29 is 23.5 Å². The third-order valence-corrected chi connectivity index (χ3v) is 3.31. The lowest BCUT2D eigenvalue weighted by Gasteiger charge is -2.06. The van der Waals surface area contributed by atoms with E-state index in [4.69, 9.17) is 10.3 Å². The average Bonchev–Trinajstić information content (AvgIpc) is 2.16. The summed E-state index contributed by atoms with van der Waals surface area (Å²) in [6.45, 7) is 0. The molecule has 0 bridgehead atoms. The van der Waals surface area contributed by atoms with Crippen LogP contribution >= 0.6 is 0 Å². The van der Waals surface area contributed by atoms with Crippen molar-refractivity contribution in [3.8, 4) is 0 Å². The molecule has 0 amide bonds. The first-order chi connectivity index (χ1) is 6.97. The van der Waals surface area contributed by atoms with Crippen molar-refractivity contribution in [1.82, 2.24) is 0 Å². The van der Waals surface area contributed by atoms with Crippen LogP contribution in [0.15, 0.2) is 29.2 Å². The van der Waals surface area contributed by atoms with Crippen LogP contribution < -0.4 is 5.48 Å². The zero-order chi connectivity index (χ0) is 11.5. The molecule has 0 aromatic heterocycles. The lowest BCUT2D eigenvalue weighted by atomic mass is 10.3. The molecular formula is C8H9NO5S. The van der Waals surface area contributed by atoms with Gasteiger partial charge in [-0.05, 0) is 12.1 Å². The van der Waals surface area contributed by atoms with E-state index in [0.717, 1.165) is 0 Å². The molecule has 0 aliphatic heterocycles. The van der Waals surface area contributed by atoms with Gasteiger partial charge in [0.05, 0.1) is 10.6 Å². The Morgan fingerprint density at radius 3 is 2.47 bits per heavy atom. The predicted octanol–water partition coefficient (Wildman–Crippen LogP) is 0.346. The van der Waals surface area contributed by atoms with E-state index < -0.39 is 21.6 Å². The van der Waals surface area contributed by atoms with Crippen molar-refractivity contribution in [3.63, 3.8) is 0 Å². The molecule has 0 fully saturated rings. The van der Waals surface area contributed by atoms with Crippen molar-refractivity contribution in [2.75, 3.05) is 11.2 Å². The molecule has 15 heavy (non-hydrogen) atoms. The van der Waals surface area contributed by atoms with Crippen LogP contribution in [0.5, 0.6) is 0 Å². The number of carbonyl (C=O) groups is 1. The number of hydrogen-bond donors (Lipinski definition) is 3. The summed E-state index contributed by atoms with van der Waals surface area (Å²) in [5.41, 5.74) is 1.66. The van der Waals surface area contributed by atoms with E-state index >= 15 is 0 Å². The molecule has 1 aromatic rings. The summed E-state index contributed by atoms with van der Waals surface area (Å²) in [6, 6.07) is 5.50. The molecule has 3 N–H and O–H groups in total. The number of carboxylic acids is 1. The van der Waals surface area contributed by atoms with Gasteiger partial charge in [0, 0.05) is 0 Å². The number of benzene rings is 1. The third-order valence-electron chi connectivity index (χ3n) is 1.66. The Balaban J connectivity index is 3.20. The van der Waals surface area contributed by atoms with Gasteiger partial charge in [-0.15, -0.1) is 0 Å². The molecule has 0 heterocycles. The number of carboxylic acid groups (broad SMARTS) is 1. The predicted molar refractivity (Wildman–Crippen MR) is 51.5 cm³/mol. The topological polar surface area (TPSA) is 104 Å². The normalized spacial score (nSPS) is 11.0. The van der Waals surface area contributed by atoms with Crippen LogP contribution in [-0.4, -0.2) is 30.5 Å². The fourth-order valence-electron chi connectivity index (χ4n) is 1.07. The van der Waals surface area contributed by atoms with E-state index in [-0.39, 0.29) is 10.6 Å². The minimum absolute atomic E-state index is 0.0428. The van der Waals surface area contributed by atoms with Crippen LogP contribution in [0, 0.1) is 0 Å². The summed E-state index contributed by atoms with van der Waals surface area (Å²) in [5.74, 6) is -2.45. The maximum atomic E-state index is 11.5. The van der Waals surface area contributed by atoms with Crippen LogP contribution in [-0.2, 0) is 14.6 Å². The molecule has 1 rings (SSSR count). The van der Waals surface area contributed by atoms with Crippen LogP contribution in [0.4, 0.5) is 5.69 Å². The van der Waals surface area contributed by atoms with E-state index in [1.807, 2.05) is 0 Å². The Kier molecular flexibility index (Phi) is 3.28. The standard InChI is InChI=1S/C8H9NO5S/c10-8(11)5-15(13,14)7-4-2-1-3-6(7)9-12/h1-4,9,12H,5H2,(H,10,11). The summed E-state index contributed by atoms with van der Waals surface area (Å²) in [6.07, 6.45) is 0. The highest BCUT2D eigenvalue weighted by molar-refractivity contribution is 7.92. The zero-order valence-electron chi connectivity index (χ0n) is 7.54. The Bertz CT molecular complexity index is 468. The van der Waals surface area contributed by atoms with Crippen molar-refractivity contribution in [2.45, 2.75) is 4.90 Å². The summed E-state index contributed by atoms with van der Waals surface area (Å²) in [5, 5.41) is 17.1. The molecule has 6 nitrogen and oxygen atoms in total. The molecule has 0 saturated carbocycles. The maximum Gasteiger partial charge on any atom is 0.319 e. The van der Waals surface area contributed by atoms with Gasteiger partial charge in [0.1, 0.15) is 0 Å². The number of nitrogens with one attached hydrogen (secondary N) is 1. The van der Waals surface area contributed by atoms with Gasteiger partial charge in [0.15, 0.2) is 15.6 Å². The van der Waals surface area contributed by atoms with Gasteiger partial charge in [-0.1, -0.05) is 12.1 Å². The van der Waals surface area contributed by atoms with Gasteiger partial charge < -0.3 is 5.11 Å². The zero-order valence-corrected chi connectivity index (χ0v) is 8.36. The number of para-hydroxylation sites is 1. The number of hydrogen-bond acceptors (Lipinski definition) is 5. The fraction of sp³-hybridized carbons (Fsp3) is 0.125. The Morgan fingerprint density at radius 1 is 1.33 bits per heavy atom. The number of aliphatic carboxylic acids is 1. The second-order valence-electron chi connectivity index (χ2n) is 2.76. The molecule has 82 valence electrons. The molecule has 0 saturated heterocycles. The molecule has 0 radical (unpaired) electrons. The van der Waals surface area contributed by atoms with Gasteiger partial charge in [0.2, 0.25) is 0 Å². The van der Waals surface area contributed by atoms with E-state index in [1.165, 1.54) is 24.3 Å². The number of anilines is 1. The van der Waals surface area contributed by atoms with Crippen molar-refractivity contribution in [1.29, 1.82) is 0 Å². The van der Waals surface area contributed by atoms with Crippen LogP contribution in [0.1, 0.15) is 0 Å². The molecule has 1 aromatic carbocycles. The van der Waals surface area contributed by atoms with E-state index in [0.29, 0.717) is 0 Å². The highest BCUT2D eigenvalue weighted by atomic mass is 32.2. The number of rotatable bonds is 4. The molecule has 0 aliphatic carbocycles. The highest BCUT2D eigenvalue weighted by Gasteiger charge is 2.21. The van der Waals surface area contributed by atoms with Crippen molar-refractivity contribution >= 4 is 21.5 Å². The lowest BCUT2D eigenvalue weighted by molar-refractivity contribution is -0.134. The smallest absolute Gasteiger partial charge is 0.319 e. The first kappa shape index (κ1) is 11.5. The molecule has 7 heteroatoms. The Morgan fingerprint density at radius 2 is 1.93 bits per heavy atom. The minimum atomic E-state index is -3.92. The Labute approximate surface area is 86.0 Å². The molecule has 0 atom stereocenters. The third kappa shape index (κ3) is 2.67. The van der Waals surface area contributed by atoms with Gasteiger partial charge in [0.25, 0.3) is 0 Å². The highest BCUT2D eigenvalue weighted by Crippen LogP contribution is 2.21. The summed E-state index contributed by atoms with van der Waals surface area (Å²) < 4.78 is 23.0. The van der Waals surface area contributed by atoms with Crippen molar-refractivity contribution in [2.24, 2.45) is 0 Å². The van der Waals surface area contributed by atoms with Gasteiger partial charge in [-0.25, -0.2) is 8.42 Å². The maximum absolute atomic E-state index is 11.5.